The Morgan fingerprint density at radius 3 is 2.73 bits per heavy atom. The lowest BCUT2D eigenvalue weighted by molar-refractivity contribution is 0.267. The molecule has 1 aromatic rings. The van der Waals surface area contributed by atoms with Crippen molar-refractivity contribution < 1.29 is 4.74 Å². The number of likely N-dealkylation sites (N-methyl/N-ethyl adjacent to an activating group) is 1. The van der Waals surface area contributed by atoms with Crippen LogP contribution in [-0.2, 0) is 12.8 Å². The minimum absolute atomic E-state index is 0.685. The van der Waals surface area contributed by atoms with Crippen molar-refractivity contribution in [1.29, 1.82) is 0 Å². The van der Waals surface area contributed by atoms with Crippen molar-refractivity contribution in [3.05, 3.63) is 29.3 Å². The van der Waals surface area contributed by atoms with Crippen LogP contribution in [-0.4, -0.2) is 32.1 Å². The maximum atomic E-state index is 5.26. The van der Waals surface area contributed by atoms with Gasteiger partial charge in [0, 0.05) is 6.04 Å². The molecule has 0 amide bonds. The number of hydrogen-bond acceptors (Lipinski definition) is 2. The molecule has 1 aromatic carbocycles. The Bertz CT molecular complexity index is 346. The van der Waals surface area contributed by atoms with E-state index in [9.17, 15) is 0 Å². The van der Waals surface area contributed by atoms with Gasteiger partial charge in [0.15, 0.2) is 0 Å². The van der Waals surface area contributed by atoms with E-state index >= 15 is 0 Å². The van der Waals surface area contributed by atoms with E-state index < -0.39 is 0 Å². The normalized spacial score (nSPS) is 20.1. The van der Waals surface area contributed by atoms with Crippen molar-refractivity contribution in [2.24, 2.45) is 0 Å². The van der Waals surface area contributed by atoms with Gasteiger partial charge in [-0.25, -0.2) is 0 Å². The van der Waals surface area contributed by atoms with Gasteiger partial charge in [0.25, 0.3) is 0 Å². The Morgan fingerprint density at radius 1 is 1.27 bits per heavy atom. The van der Waals surface area contributed by atoms with Crippen LogP contribution in [0, 0.1) is 0 Å². The average Bonchev–Trinajstić information content (AvgIpc) is 2.27. The van der Waals surface area contributed by atoms with E-state index in [0.29, 0.717) is 6.04 Å². The van der Waals surface area contributed by atoms with Gasteiger partial charge in [-0.3, -0.25) is 0 Å². The molecule has 0 saturated carbocycles. The zero-order chi connectivity index (χ0) is 10.8. The molecule has 0 aromatic heterocycles. The van der Waals surface area contributed by atoms with Crippen LogP contribution in [0.2, 0.25) is 0 Å². The zero-order valence-corrected chi connectivity index (χ0v) is 9.79. The minimum atomic E-state index is 0.685. The number of benzene rings is 1. The van der Waals surface area contributed by atoms with Crippen molar-refractivity contribution in [3.63, 3.8) is 0 Å². The molecule has 1 unspecified atom stereocenters. The van der Waals surface area contributed by atoms with Crippen LogP contribution in [0.15, 0.2) is 18.2 Å². The second kappa shape index (κ2) is 4.23. The summed E-state index contributed by atoms with van der Waals surface area (Å²) in [4.78, 5) is 2.32. The van der Waals surface area contributed by atoms with Gasteiger partial charge in [-0.05, 0) is 56.6 Å². The monoisotopic (exact) mass is 205 g/mol. The molecule has 0 saturated heterocycles. The van der Waals surface area contributed by atoms with Crippen molar-refractivity contribution in [2.75, 3.05) is 21.2 Å². The lowest BCUT2D eigenvalue weighted by Crippen LogP contribution is -2.33. The molecule has 2 nitrogen and oxygen atoms in total. The molecule has 0 bridgehead atoms. The molecule has 0 radical (unpaired) electrons. The van der Waals surface area contributed by atoms with Crippen molar-refractivity contribution in [3.8, 4) is 5.75 Å². The van der Waals surface area contributed by atoms with Crippen LogP contribution in [0.4, 0.5) is 0 Å². The van der Waals surface area contributed by atoms with E-state index in [1.165, 1.54) is 24.0 Å². The van der Waals surface area contributed by atoms with E-state index in [1.807, 2.05) is 0 Å². The quantitative estimate of drug-likeness (QED) is 0.733. The fourth-order valence-corrected chi connectivity index (χ4v) is 2.28. The zero-order valence-electron chi connectivity index (χ0n) is 9.79. The molecule has 1 atom stereocenters. The first kappa shape index (κ1) is 10.5. The number of hydrogen-bond donors (Lipinski definition) is 0. The maximum Gasteiger partial charge on any atom is 0.119 e. The molecule has 0 N–H and O–H groups in total. The van der Waals surface area contributed by atoms with Crippen LogP contribution in [0.25, 0.3) is 0 Å². The number of rotatable bonds is 2. The van der Waals surface area contributed by atoms with Gasteiger partial charge in [0.1, 0.15) is 5.75 Å². The maximum absolute atomic E-state index is 5.26. The molecule has 0 aliphatic heterocycles. The van der Waals surface area contributed by atoms with E-state index in [2.05, 4.69) is 37.2 Å². The molecule has 1 aliphatic carbocycles. The van der Waals surface area contributed by atoms with Crippen LogP contribution < -0.4 is 4.74 Å². The predicted octanol–water partition coefficient (Wildman–Crippen LogP) is 2.11. The molecule has 0 fully saturated rings. The first-order valence-electron chi connectivity index (χ1n) is 5.53. The first-order chi connectivity index (χ1) is 7.20. The van der Waals surface area contributed by atoms with Gasteiger partial charge in [-0.15, -0.1) is 0 Å². The number of nitrogens with zero attached hydrogens (tertiary/aromatic N) is 1. The highest BCUT2D eigenvalue weighted by molar-refractivity contribution is 5.37. The second-order valence-corrected chi connectivity index (χ2v) is 4.49. The fourth-order valence-electron chi connectivity index (χ4n) is 2.28. The summed E-state index contributed by atoms with van der Waals surface area (Å²) in [5.74, 6) is 0.980. The third-order valence-corrected chi connectivity index (χ3v) is 3.35. The smallest absolute Gasteiger partial charge is 0.119 e. The average molecular weight is 205 g/mol. The molecule has 1 aliphatic rings. The topological polar surface area (TPSA) is 12.5 Å². The molecule has 0 heterocycles. The highest BCUT2D eigenvalue weighted by Crippen LogP contribution is 2.26. The third-order valence-electron chi connectivity index (χ3n) is 3.35. The van der Waals surface area contributed by atoms with Gasteiger partial charge < -0.3 is 9.64 Å². The number of methoxy groups -OCH3 is 1. The Morgan fingerprint density at radius 2 is 2.07 bits per heavy atom. The Hall–Kier alpha value is -1.02. The van der Waals surface area contributed by atoms with Gasteiger partial charge in [-0.2, -0.15) is 0 Å². The molecule has 15 heavy (non-hydrogen) atoms. The Balaban J connectivity index is 2.23. The summed E-state index contributed by atoms with van der Waals surface area (Å²) in [7, 11) is 6.06. The van der Waals surface area contributed by atoms with E-state index in [4.69, 9.17) is 4.74 Å². The molecule has 2 rings (SSSR count). The molecule has 82 valence electrons. The predicted molar refractivity (Wildman–Crippen MR) is 62.5 cm³/mol. The SMILES string of the molecule is COc1ccc2c(c1)CC(N(C)C)CC2. The van der Waals surface area contributed by atoms with Crippen LogP contribution >= 0.6 is 0 Å². The van der Waals surface area contributed by atoms with E-state index in [0.717, 1.165) is 12.2 Å². The van der Waals surface area contributed by atoms with Crippen molar-refractivity contribution in [2.45, 2.75) is 25.3 Å². The molecular formula is C13H19NO. The summed E-state index contributed by atoms with van der Waals surface area (Å²) in [5.41, 5.74) is 2.95. The van der Waals surface area contributed by atoms with Crippen LogP contribution in [0.5, 0.6) is 5.75 Å². The minimum Gasteiger partial charge on any atom is -0.497 e. The van der Waals surface area contributed by atoms with Crippen LogP contribution in [0.1, 0.15) is 17.5 Å². The molecule has 2 heteroatoms. The second-order valence-electron chi connectivity index (χ2n) is 4.49. The first-order valence-corrected chi connectivity index (χ1v) is 5.53. The summed E-state index contributed by atoms with van der Waals surface area (Å²) >= 11 is 0. The summed E-state index contributed by atoms with van der Waals surface area (Å²) in [5, 5.41) is 0. The Kier molecular flexibility index (Phi) is 2.96. The summed E-state index contributed by atoms with van der Waals surface area (Å²) < 4.78 is 5.26. The van der Waals surface area contributed by atoms with E-state index in [-0.39, 0.29) is 0 Å². The number of aryl methyl sites for hydroxylation is 1. The van der Waals surface area contributed by atoms with E-state index in [1.54, 1.807) is 7.11 Å². The Labute approximate surface area is 91.9 Å². The van der Waals surface area contributed by atoms with Gasteiger partial charge in [0.05, 0.1) is 7.11 Å². The lowest BCUT2D eigenvalue weighted by Gasteiger charge is -2.30. The summed E-state index contributed by atoms with van der Waals surface area (Å²) in [6, 6.07) is 7.14. The van der Waals surface area contributed by atoms with Crippen molar-refractivity contribution in [1.82, 2.24) is 4.90 Å². The number of fused-ring (bicyclic) bond motifs is 1. The largest absolute Gasteiger partial charge is 0.497 e. The number of ether oxygens (including phenoxy) is 1. The lowest BCUT2D eigenvalue weighted by atomic mass is 9.87. The fraction of sp³-hybridized carbons (Fsp3) is 0.538. The highest BCUT2D eigenvalue weighted by atomic mass is 16.5. The van der Waals surface area contributed by atoms with Gasteiger partial charge >= 0.3 is 0 Å². The van der Waals surface area contributed by atoms with Gasteiger partial charge in [0.2, 0.25) is 0 Å². The van der Waals surface area contributed by atoms with Crippen LogP contribution in [0.3, 0.4) is 0 Å². The standard InChI is InChI=1S/C13H19NO/c1-14(2)12-6-4-10-5-7-13(15-3)9-11(10)8-12/h5,7,9,12H,4,6,8H2,1-3H3. The molecular weight excluding hydrogens is 186 g/mol. The third kappa shape index (κ3) is 2.15. The van der Waals surface area contributed by atoms with Gasteiger partial charge in [-0.1, -0.05) is 6.07 Å². The molecule has 0 spiro atoms. The summed E-state index contributed by atoms with van der Waals surface area (Å²) in [6.07, 6.45) is 3.62. The summed E-state index contributed by atoms with van der Waals surface area (Å²) in [6.45, 7) is 0. The van der Waals surface area contributed by atoms with Crippen molar-refractivity contribution >= 4 is 0 Å². The highest BCUT2D eigenvalue weighted by Gasteiger charge is 2.20.